The summed E-state index contributed by atoms with van der Waals surface area (Å²) in [5.41, 5.74) is 30.0. The van der Waals surface area contributed by atoms with Gasteiger partial charge < -0.3 is 0 Å². The van der Waals surface area contributed by atoms with E-state index in [-0.39, 0.29) is 0 Å². The van der Waals surface area contributed by atoms with Crippen molar-refractivity contribution < 1.29 is 0 Å². The Kier molecular flexibility index (Phi) is 19.9. The quantitative estimate of drug-likeness (QED) is 0.107. The molecular weight excluding hydrogens is 1470 g/mol. The van der Waals surface area contributed by atoms with Gasteiger partial charge in [0.05, 0.1) is 0 Å². The van der Waals surface area contributed by atoms with E-state index in [1.807, 2.05) is 0 Å². The highest BCUT2D eigenvalue weighted by molar-refractivity contribution is 6.25. The highest BCUT2D eigenvalue weighted by atomic mass is 14.3. The molecule has 0 aromatic heterocycles. The van der Waals surface area contributed by atoms with Gasteiger partial charge in [0, 0.05) is 0 Å². The van der Waals surface area contributed by atoms with E-state index in [9.17, 15) is 0 Å². The van der Waals surface area contributed by atoms with Gasteiger partial charge in [-0.1, -0.05) is 479 Å². The lowest BCUT2D eigenvalue weighted by molar-refractivity contribution is 1.60. The van der Waals surface area contributed by atoms with E-state index >= 15 is 0 Å². The fourth-order valence-electron chi connectivity index (χ4n) is 18.8. The van der Waals surface area contributed by atoms with Crippen LogP contribution in [-0.2, 0) is 0 Å². The third-order valence-corrected chi connectivity index (χ3v) is 24.4. The standard InChI is InChI=1S/2C42H28.C38H26/c1-2-12-29(13-3-1)33-16-10-17-34(28-33)42-39-21-8-6-19-37(39)41(38-20-7-9-22-40(38)42)32-26-24-31(25-27-32)36-23-11-15-30-14-4-5-18-35(30)36;1-2-14-29(15-3-1)31-18-12-19-32(28-31)41-37-23-8-10-25-39(37)42(40-26-11-9-24-38(40)41)36-22-7-6-21-35(36)34-27-13-17-30-16-4-5-20-33(30)34;1-3-12-27(13-4-1)29-22-24-30(25-23-29)37-33-18-7-9-20-35(33)38(36-21-10-8-19-34(36)37)32-17-11-16-31(26-32)28-14-5-2-6-15-28/h2*1-28H;1-26H. The molecule has 0 aliphatic heterocycles. The van der Waals surface area contributed by atoms with Crippen molar-refractivity contribution in [2.24, 2.45) is 0 Å². The van der Waals surface area contributed by atoms with E-state index in [1.54, 1.807) is 0 Å². The largest absolute Gasteiger partial charge is 0.0622 e. The number of fused-ring (bicyclic) bond motifs is 8. The van der Waals surface area contributed by atoms with Gasteiger partial charge in [-0.05, 0) is 238 Å². The molecule has 0 fully saturated rings. The fourth-order valence-corrected chi connectivity index (χ4v) is 18.8. The summed E-state index contributed by atoms with van der Waals surface area (Å²) >= 11 is 0. The molecule has 0 nitrogen and oxygen atoms in total. The van der Waals surface area contributed by atoms with Crippen LogP contribution in [0.2, 0.25) is 0 Å². The molecule has 23 aromatic rings. The summed E-state index contributed by atoms with van der Waals surface area (Å²) in [5.74, 6) is 0. The van der Waals surface area contributed by atoms with E-state index in [2.05, 4.69) is 497 Å². The first-order valence-electron chi connectivity index (χ1n) is 42.2. The van der Waals surface area contributed by atoms with Crippen molar-refractivity contribution in [3.8, 4) is 134 Å². The first-order valence-corrected chi connectivity index (χ1v) is 42.2. The van der Waals surface area contributed by atoms with Gasteiger partial charge in [0.2, 0.25) is 0 Å². The lowest BCUT2D eigenvalue weighted by Crippen LogP contribution is -1.93. The van der Waals surface area contributed by atoms with E-state index < -0.39 is 0 Å². The van der Waals surface area contributed by atoms with Crippen molar-refractivity contribution in [2.45, 2.75) is 0 Å². The fraction of sp³-hybridized carbons (Fsp3) is 0. The molecule has 0 saturated heterocycles. The number of hydrogen-bond donors (Lipinski definition) is 0. The highest BCUT2D eigenvalue weighted by Crippen LogP contribution is 2.50. The van der Waals surface area contributed by atoms with Gasteiger partial charge in [0.25, 0.3) is 0 Å². The van der Waals surface area contributed by atoms with Crippen molar-refractivity contribution in [1.82, 2.24) is 0 Å². The van der Waals surface area contributed by atoms with Crippen molar-refractivity contribution in [1.29, 1.82) is 0 Å². The Morgan fingerprint density at radius 1 is 0.0820 bits per heavy atom. The first kappa shape index (κ1) is 73.7. The van der Waals surface area contributed by atoms with Gasteiger partial charge in [0.15, 0.2) is 0 Å². The van der Waals surface area contributed by atoms with Crippen LogP contribution in [0.1, 0.15) is 0 Å². The van der Waals surface area contributed by atoms with Crippen LogP contribution in [0.3, 0.4) is 0 Å². The summed E-state index contributed by atoms with van der Waals surface area (Å²) in [6.07, 6.45) is 0. The van der Waals surface area contributed by atoms with Crippen molar-refractivity contribution >= 4 is 86.2 Å². The summed E-state index contributed by atoms with van der Waals surface area (Å²) in [6.45, 7) is 0. The average Bonchev–Trinajstić information content (AvgIpc) is 0.829. The Labute approximate surface area is 712 Å². The molecule has 0 aliphatic rings. The SMILES string of the molecule is c1ccc(-c2ccc(-c3c4ccccc4c(-c4cccc(-c5ccccc5)c4)c4ccccc34)cc2)cc1.c1ccc(-c2cccc(-c3c4ccccc4c(-c4ccc(-c5cccc6ccccc56)cc4)c4ccccc34)c2)cc1.c1ccc(-c2cccc(-c3c4ccccc4c(-c4ccccc4-c4cccc5ccccc45)c4ccccc34)c2)cc1. The number of benzene rings is 23. The molecule has 0 unspecified atom stereocenters. The lowest BCUT2D eigenvalue weighted by Gasteiger charge is -2.20. The third kappa shape index (κ3) is 14.0. The minimum Gasteiger partial charge on any atom is -0.0622 e. The molecule has 0 N–H and O–H groups in total. The van der Waals surface area contributed by atoms with E-state index in [0.717, 1.165) is 0 Å². The monoisotopic (exact) mass is 1550 g/mol. The van der Waals surface area contributed by atoms with Crippen LogP contribution >= 0.6 is 0 Å². The Hall–Kier alpha value is -15.9. The molecule has 0 aliphatic carbocycles. The first-order chi connectivity index (χ1) is 60.6. The van der Waals surface area contributed by atoms with Gasteiger partial charge >= 0.3 is 0 Å². The zero-order valence-electron chi connectivity index (χ0n) is 67.3. The maximum Gasteiger partial charge on any atom is -0.00201 e. The minimum atomic E-state index is 1.23. The molecule has 0 saturated carbocycles. The second-order valence-electron chi connectivity index (χ2n) is 31.5. The summed E-state index contributed by atoms with van der Waals surface area (Å²) in [4.78, 5) is 0. The van der Waals surface area contributed by atoms with E-state index in [4.69, 9.17) is 0 Å². The molecule has 0 amide bonds. The van der Waals surface area contributed by atoms with Crippen LogP contribution in [0.5, 0.6) is 0 Å². The second kappa shape index (κ2) is 32.9. The molecule has 0 spiro atoms. The number of rotatable bonds is 12. The summed E-state index contributed by atoms with van der Waals surface area (Å²) in [6, 6.07) is 180. The molecule has 0 heteroatoms. The number of hydrogen-bond acceptors (Lipinski definition) is 0. The summed E-state index contributed by atoms with van der Waals surface area (Å²) in [5, 5.41) is 20.3. The maximum absolute atomic E-state index is 2.34. The molecule has 23 aromatic carbocycles. The second-order valence-corrected chi connectivity index (χ2v) is 31.5. The normalized spacial score (nSPS) is 11.3. The molecule has 0 atom stereocenters. The molecule has 0 radical (unpaired) electrons. The zero-order chi connectivity index (χ0) is 81.1. The van der Waals surface area contributed by atoms with Crippen molar-refractivity contribution in [3.05, 3.63) is 497 Å². The van der Waals surface area contributed by atoms with Gasteiger partial charge in [0.1, 0.15) is 0 Å². The van der Waals surface area contributed by atoms with Crippen LogP contribution < -0.4 is 0 Å². The Morgan fingerprint density at radius 3 is 0.607 bits per heavy atom. The van der Waals surface area contributed by atoms with Crippen LogP contribution in [-0.4, -0.2) is 0 Å². The molecular formula is C122H82. The van der Waals surface area contributed by atoms with Gasteiger partial charge in [-0.15, -0.1) is 0 Å². The van der Waals surface area contributed by atoms with Crippen LogP contribution in [0.15, 0.2) is 497 Å². The van der Waals surface area contributed by atoms with Crippen molar-refractivity contribution in [2.75, 3.05) is 0 Å². The van der Waals surface area contributed by atoms with Gasteiger partial charge in [-0.2, -0.15) is 0 Å². The maximum atomic E-state index is 2.34. The van der Waals surface area contributed by atoms with Crippen LogP contribution in [0, 0.1) is 0 Å². The Balaban J connectivity index is 0.000000113. The predicted molar refractivity (Wildman–Crippen MR) is 525 cm³/mol. The van der Waals surface area contributed by atoms with Crippen molar-refractivity contribution in [3.63, 3.8) is 0 Å². The molecule has 122 heavy (non-hydrogen) atoms. The molecule has 0 bridgehead atoms. The van der Waals surface area contributed by atoms with Gasteiger partial charge in [-0.25, -0.2) is 0 Å². The van der Waals surface area contributed by atoms with Crippen LogP contribution in [0.25, 0.3) is 220 Å². The Morgan fingerprint density at radius 2 is 0.270 bits per heavy atom. The summed E-state index contributed by atoms with van der Waals surface area (Å²) in [7, 11) is 0. The van der Waals surface area contributed by atoms with Crippen LogP contribution in [0.4, 0.5) is 0 Å². The lowest BCUT2D eigenvalue weighted by atomic mass is 9.83. The summed E-state index contributed by atoms with van der Waals surface area (Å²) < 4.78 is 0. The molecule has 23 rings (SSSR count). The zero-order valence-corrected chi connectivity index (χ0v) is 67.3. The van der Waals surface area contributed by atoms with E-state index in [0.29, 0.717) is 0 Å². The highest BCUT2D eigenvalue weighted by Gasteiger charge is 2.23. The molecule has 570 valence electrons. The van der Waals surface area contributed by atoms with Gasteiger partial charge in [-0.3, -0.25) is 0 Å². The third-order valence-electron chi connectivity index (χ3n) is 24.4. The predicted octanol–water partition coefficient (Wildman–Crippen LogP) is 34.3. The topological polar surface area (TPSA) is 0 Å². The molecule has 0 heterocycles. The average molecular weight is 1550 g/mol. The minimum absolute atomic E-state index is 1.23. The van der Waals surface area contributed by atoms with E-state index in [1.165, 1.54) is 220 Å². The smallest absolute Gasteiger partial charge is 0.00201 e. The Bertz CT molecular complexity index is 7640.